The van der Waals surface area contributed by atoms with E-state index in [-0.39, 0.29) is 12.5 Å². The first-order valence-corrected chi connectivity index (χ1v) is 3.66. The number of hydrogen-bond acceptors (Lipinski definition) is 2. The Morgan fingerprint density at radius 1 is 1.31 bits per heavy atom. The van der Waals surface area contributed by atoms with Crippen molar-refractivity contribution in [3.63, 3.8) is 0 Å². The average Bonchev–Trinajstić information content (AvgIpc) is 2.48. The Hall–Kier alpha value is -1.39. The van der Waals surface area contributed by atoms with Crippen molar-refractivity contribution >= 4 is 5.69 Å². The van der Waals surface area contributed by atoms with Gasteiger partial charge in [-0.25, -0.2) is 0 Å². The third-order valence-corrected chi connectivity index (χ3v) is 1.80. The summed E-state index contributed by atoms with van der Waals surface area (Å²) in [5.41, 5.74) is -0.329. The zero-order valence-corrected chi connectivity index (χ0v) is 6.48. The van der Waals surface area contributed by atoms with Crippen LogP contribution in [0.4, 0.5) is 18.9 Å². The zero-order chi connectivity index (χ0) is 9.47. The van der Waals surface area contributed by atoms with Crippen LogP contribution in [0.25, 0.3) is 0 Å². The van der Waals surface area contributed by atoms with E-state index in [4.69, 9.17) is 4.74 Å². The van der Waals surface area contributed by atoms with Gasteiger partial charge in [-0.15, -0.1) is 0 Å². The van der Waals surface area contributed by atoms with Crippen LogP contribution in [0.2, 0.25) is 0 Å². The van der Waals surface area contributed by atoms with Gasteiger partial charge >= 0.3 is 6.18 Å². The van der Waals surface area contributed by atoms with Crippen LogP contribution in [0.5, 0.6) is 5.75 Å². The maximum Gasteiger partial charge on any atom is 0.420 e. The molecule has 0 saturated heterocycles. The summed E-state index contributed by atoms with van der Waals surface area (Å²) in [6.07, 6.45) is -4.35. The van der Waals surface area contributed by atoms with E-state index < -0.39 is 11.7 Å². The number of rotatable bonds is 0. The Bertz CT molecular complexity index is 335. The van der Waals surface area contributed by atoms with Gasteiger partial charge in [-0.3, -0.25) is 0 Å². The SMILES string of the molecule is FC(F)(F)c1cccc2c1OCN2. The molecule has 1 heterocycles. The average molecular weight is 189 g/mol. The van der Waals surface area contributed by atoms with Gasteiger partial charge in [0, 0.05) is 0 Å². The largest absolute Gasteiger partial charge is 0.471 e. The molecule has 0 aliphatic carbocycles. The number of para-hydroxylation sites is 1. The lowest BCUT2D eigenvalue weighted by Crippen LogP contribution is -2.06. The number of benzene rings is 1. The standard InChI is InChI=1S/C8H6F3NO/c9-8(10,11)5-2-1-3-6-7(5)13-4-12-6/h1-3,12H,4H2. The molecule has 1 aromatic carbocycles. The number of halogens is 3. The van der Waals surface area contributed by atoms with E-state index in [1.54, 1.807) is 6.07 Å². The fraction of sp³-hybridized carbons (Fsp3) is 0.250. The van der Waals surface area contributed by atoms with Crippen LogP contribution in [-0.2, 0) is 6.18 Å². The molecule has 0 amide bonds. The Balaban J connectivity index is 2.54. The summed E-state index contributed by atoms with van der Waals surface area (Å²) in [5, 5.41) is 2.69. The molecule has 2 rings (SSSR count). The van der Waals surface area contributed by atoms with E-state index in [0.717, 1.165) is 6.07 Å². The molecular weight excluding hydrogens is 183 g/mol. The molecular formula is C8H6F3NO. The predicted octanol–water partition coefficient (Wildman–Crippen LogP) is 2.47. The van der Waals surface area contributed by atoms with Gasteiger partial charge < -0.3 is 10.1 Å². The van der Waals surface area contributed by atoms with Gasteiger partial charge in [-0.2, -0.15) is 13.2 Å². The van der Waals surface area contributed by atoms with E-state index in [9.17, 15) is 13.2 Å². The first-order chi connectivity index (χ1) is 6.09. The Morgan fingerprint density at radius 2 is 2.08 bits per heavy atom. The summed E-state index contributed by atoms with van der Waals surface area (Å²) in [7, 11) is 0. The van der Waals surface area contributed by atoms with Gasteiger partial charge in [-0.1, -0.05) is 6.07 Å². The zero-order valence-electron chi connectivity index (χ0n) is 6.48. The normalized spacial score (nSPS) is 14.7. The lowest BCUT2D eigenvalue weighted by atomic mass is 10.1. The van der Waals surface area contributed by atoms with Crippen LogP contribution in [0, 0.1) is 0 Å². The molecule has 1 aliphatic heterocycles. The minimum Gasteiger partial charge on any atom is -0.471 e. The summed E-state index contributed by atoms with van der Waals surface area (Å²) in [6.45, 7) is 0.0996. The van der Waals surface area contributed by atoms with Crippen LogP contribution in [0.15, 0.2) is 18.2 Å². The van der Waals surface area contributed by atoms with Crippen molar-refractivity contribution in [2.24, 2.45) is 0 Å². The van der Waals surface area contributed by atoms with Crippen LogP contribution in [0.3, 0.4) is 0 Å². The van der Waals surface area contributed by atoms with Gasteiger partial charge in [0.15, 0.2) is 12.5 Å². The first-order valence-electron chi connectivity index (χ1n) is 3.66. The highest BCUT2D eigenvalue weighted by Crippen LogP contribution is 2.42. The van der Waals surface area contributed by atoms with Crippen molar-refractivity contribution < 1.29 is 17.9 Å². The van der Waals surface area contributed by atoms with E-state index >= 15 is 0 Å². The molecule has 0 aromatic heterocycles. The lowest BCUT2D eigenvalue weighted by molar-refractivity contribution is -0.138. The molecule has 0 spiro atoms. The van der Waals surface area contributed by atoms with Gasteiger partial charge in [0.1, 0.15) is 0 Å². The molecule has 1 aromatic rings. The number of hydrogen-bond donors (Lipinski definition) is 1. The summed E-state index contributed by atoms with van der Waals surface area (Å²) in [4.78, 5) is 0. The minimum atomic E-state index is -4.35. The molecule has 0 fully saturated rings. The molecule has 0 bridgehead atoms. The lowest BCUT2D eigenvalue weighted by Gasteiger charge is -2.09. The topological polar surface area (TPSA) is 21.3 Å². The molecule has 0 radical (unpaired) electrons. The molecule has 1 aliphatic rings. The molecule has 1 N–H and O–H groups in total. The first kappa shape index (κ1) is 8.22. The molecule has 2 nitrogen and oxygen atoms in total. The molecule has 0 saturated carbocycles. The third kappa shape index (κ3) is 1.30. The number of nitrogens with one attached hydrogen (secondary N) is 1. The van der Waals surface area contributed by atoms with Crippen molar-refractivity contribution in [2.45, 2.75) is 6.18 Å². The van der Waals surface area contributed by atoms with Gasteiger partial charge in [0.2, 0.25) is 0 Å². The minimum absolute atomic E-state index is 0.0996. The number of ether oxygens (including phenoxy) is 1. The Morgan fingerprint density at radius 3 is 2.77 bits per heavy atom. The van der Waals surface area contributed by atoms with Crippen molar-refractivity contribution in [1.82, 2.24) is 0 Å². The van der Waals surface area contributed by atoms with Crippen molar-refractivity contribution in [3.8, 4) is 5.75 Å². The second-order valence-corrected chi connectivity index (χ2v) is 2.65. The maximum atomic E-state index is 12.3. The summed E-state index contributed by atoms with van der Waals surface area (Å²) < 4.78 is 41.8. The van der Waals surface area contributed by atoms with Crippen LogP contribution in [-0.4, -0.2) is 6.73 Å². The fourth-order valence-corrected chi connectivity index (χ4v) is 1.24. The highest BCUT2D eigenvalue weighted by Gasteiger charge is 2.36. The van der Waals surface area contributed by atoms with Crippen LogP contribution >= 0.6 is 0 Å². The van der Waals surface area contributed by atoms with E-state index in [1.165, 1.54) is 6.07 Å². The van der Waals surface area contributed by atoms with E-state index in [2.05, 4.69) is 5.32 Å². The smallest absolute Gasteiger partial charge is 0.420 e. The number of alkyl halides is 3. The molecule has 13 heavy (non-hydrogen) atoms. The van der Waals surface area contributed by atoms with Crippen LogP contribution < -0.4 is 10.1 Å². The highest BCUT2D eigenvalue weighted by molar-refractivity contribution is 5.63. The second kappa shape index (κ2) is 2.55. The van der Waals surface area contributed by atoms with Gasteiger partial charge in [0.05, 0.1) is 11.3 Å². The van der Waals surface area contributed by atoms with Crippen molar-refractivity contribution in [3.05, 3.63) is 23.8 Å². The van der Waals surface area contributed by atoms with Crippen LogP contribution in [0.1, 0.15) is 5.56 Å². The van der Waals surface area contributed by atoms with E-state index in [1.807, 2.05) is 0 Å². The third-order valence-electron chi connectivity index (χ3n) is 1.80. The predicted molar refractivity (Wildman–Crippen MR) is 40.6 cm³/mol. The quantitative estimate of drug-likeness (QED) is 0.676. The fourth-order valence-electron chi connectivity index (χ4n) is 1.24. The summed E-state index contributed by atoms with van der Waals surface area (Å²) >= 11 is 0. The number of anilines is 1. The van der Waals surface area contributed by atoms with Crippen molar-refractivity contribution in [1.29, 1.82) is 0 Å². The van der Waals surface area contributed by atoms with Gasteiger partial charge in [-0.05, 0) is 12.1 Å². The molecule has 0 atom stereocenters. The monoisotopic (exact) mass is 189 g/mol. The van der Waals surface area contributed by atoms with E-state index in [0.29, 0.717) is 5.69 Å². The molecule has 70 valence electrons. The molecule has 0 unspecified atom stereocenters. The Kier molecular flexibility index (Phi) is 1.61. The molecule has 5 heteroatoms. The highest BCUT2D eigenvalue weighted by atomic mass is 19.4. The number of fused-ring (bicyclic) bond motifs is 1. The second-order valence-electron chi connectivity index (χ2n) is 2.65. The van der Waals surface area contributed by atoms with Crippen molar-refractivity contribution in [2.75, 3.05) is 12.0 Å². The maximum absolute atomic E-state index is 12.3. The van der Waals surface area contributed by atoms with Gasteiger partial charge in [0.25, 0.3) is 0 Å². The summed E-state index contributed by atoms with van der Waals surface area (Å²) in [5.74, 6) is -0.102. The summed E-state index contributed by atoms with van der Waals surface area (Å²) in [6, 6.07) is 3.91. The Labute approximate surface area is 72.3 Å².